The number of aryl methyl sites for hydroxylation is 2. The molecule has 7 heteroatoms. The zero-order valence-electron chi connectivity index (χ0n) is 19.7. The Bertz CT molecular complexity index is 1570. The van der Waals surface area contributed by atoms with Gasteiger partial charge in [-0.3, -0.25) is 14.4 Å². The van der Waals surface area contributed by atoms with Gasteiger partial charge in [0, 0.05) is 11.1 Å². The number of carbonyl (C=O) groups excluding carboxylic acids is 4. The SMILES string of the molecule is Cc1ccc(N2C(=O)c3ccc(C(=O)OCC(=O)Nc4cccc5ccccc45)cc3C2=O)c(C)c1. The van der Waals surface area contributed by atoms with Crippen LogP contribution in [0.5, 0.6) is 0 Å². The predicted molar refractivity (Wildman–Crippen MR) is 136 cm³/mol. The summed E-state index contributed by atoms with van der Waals surface area (Å²) < 4.78 is 5.18. The smallest absolute Gasteiger partial charge is 0.338 e. The highest BCUT2D eigenvalue weighted by Crippen LogP contribution is 2.31. The Morgan fingerprint density at radius 1 is 0.833 bits per heavy atom. The monoisotopic (exact) mass is 478 g/mol. The van der Waals surface area contributed by atoms with E-state index in [1.807, 2.05) is 62.4 Å². The van der Waals surface area contributed by atoms with Gasteiger partial charge in [-0.1, -0.05) is 54.1 Å². The molecule has 7 nitrogen and oxygen atoms in total. The minimum Gasteiger partial charge on any atom is -0.452 e. The van der Waals surface area contributed by atoms with E-state index in [9.17, 15) is 19.2 Å². The predicted octanol–water partition coefficient (Wildman–Crippen LogP) is 5.05. The van der Waals surface area contributed by atoms with Crippen LogP contribution in [0.2, 0.25) is 0 Å². The standard InChI is InChI=1S/C29H22N2O5/c1-17-10-13-25(18(2)14-17)31-27(33)22-12-11-20(15-23(22)28(31)34)29(35)36-16-26(32)30-24-9-5-7-19-6-3-4-8-21(19)24/h3-15H,16H2,1-2H3,(H,30,32). The third kappa shape index (κ3) is 4.11. The maximum absolute atomic E-state index is 13.1. The molecule has 1 heterocycles. The summed E-state index contributed by atoms with van der Waals surface area (Å²) in [6, 6.07) is 22.8. The quantitative estimate of drug-likeness (QED) is 0.320. The van der Waals surface area contributed by atoms with E-state index in [0.29, 0.717) is 11.4 Å². The van der Waals surface area contributed by atoms with Crippen molar-refractivity contribution in [2.45, 2.75) is 13.8 Å². The van der Waals surface area contributed by atoms with E-state index >= 15 is 0 Å². The van der Waals surface area contributed by atoms with E-state index in [1.165, 1.54) is 18.2 Å². The summed E-state index contributed by atoms with van der Waals surface area (Å²) in [6.45, 7) is 3.26. The van der Waals surface area contributed by atoms with E-state index in [4.69, 9.17) is 4.74 Å². The number of ether oxygens (including phenoxy) is 1. The maximum atomic E-state index is 13.1. The average molecular weight is 479 g/mol. The van der Waals surface area contributed by atoms with Gasteiger partial charge >= 0.3 is 5.97 Å². The van der Waals surface area contributed by atoms with Gasteiger partial charge in [0.25, 0.3) is 17.7 Å². The van der Waals surface area contributed by atoms with Gasteiger partial charge in [-0.2, -0.15) is 0 Å². The number of imide groups is 1. The Morgan fingerprint density at radius 3 is 2.39 bits per heavy atom. The lowest BCUT2D eigenvalue weighted by molar-refractivity contribution is -0.119. The Kier molecular flexibility index (Phi) is 5.82. The van der Waals surface area contributed by atoms with Crippen molar-refractivity contribution in [1.82, 2.24) is 0 Å². The molecular formula is C29H22N2O5. The second kappa shape index (κ2) is 9.11. The first-order valence-electron chi connectivity index (χ1n) is 11.4. The van der Waals surface area contributed by atoms with Crippen molar-refractivity contribution in [2.75, 3.05) is 16.8 Å². The summed E-state index contributed by atoms with van der Waals surface area (Å²) in [7, 11) is 0. The molecule has 0 saturated carbocycles. The number of fused-ring (bicyclic) bond motifs is 2. The highest BCUT2D eigenvalue weighted by molar-refractivity contribution is 6.35. The molecule has 0 aromatic heterocycles. The molecule has 178 valence electrons. The number of carbonyl (C=O) groups is 4. The summed E-state index contributed by atoms with van der Waals surface area (Å²) >= 11 is 0. The van der Waals surface area contributed by atoms with Crippen LogP contribution in [-0.4, -0.2) is 30.3 Å². The highest BCUT2D eigenvalue weighted by Gasteiger charge is 2.38. The summed E-state index contributed by atoms with van der Waals surface area (Å²) in [5.41, 5.74) is 3.34. The van der Waals surface area contributed by atoms with Gasteiger partial charge in [0.2, 0.25) is 0 Å². The fraction of sp³-hybridized carbons (Fsp3) is 0.103. The van der Waals surface area contributed by atoms with Crippen LogP contribution in [0.4, 0.5) is 11.4 Å². The first-order chi connectivity index (χ1) is 17.3. The second-order valence-electron chi connectivity index (χ2n) is 8.65. The average Bonchev–Trinajstić information content (AvgIpc) is 3.12. The number of nitrogens with one attached hydrogen (secondary N) is 1. The highest BCUT2D eigenvalue weighted by atomic mass is 16.5. The van der Waals surface area contributed by atoms with Gasteiger partial charge in [0.05, 0.1) is 22.4 Å². The second-order valence-corrected chi connectivity index (χ2v) is 8.65. The molecule has 0 aliphatic carbocycles. The summed E-state index contributed by atoms with van der Waals surface area (Å²) in [5.74, 6) is -2.22. The van der Waals surface area contributed by atoms with E-state index in [2.05, 4.69) is 5.32 Å². The fourth-order valence-corrected chi connectivity index (χ4v) is 4.38. The lowest BCUT2D eigenvalue weighted by Crippen LogP contribution is -2.30. The van der Waals surface area contributed by atoms with Crippen molar-refractivity contribution in [1.29, 1.82) is 0 Å². The van der Waals surface area contributed by atoms with E-state index < -0.39 is 30.3 Å². The molecule has 4 aromatic carbocycles. The maximum Gasteiger partial charge on any atom is 0.338 e. The third-order valence-corrected chi connectivity index (χ3v) is 6.11. The Hall–Kier alpha value is -4.78. The van der Waals surface area contributed by atoms with Crippen LogP contribution in [0.25, 0.3) is 10.8 Å². The molecule has 0 fully saturated rings. The van der Waals surface area contributed by atoms with Crippen molar-refractivity contribution in [3.05, 3.63) is 107 Å². The zero-order chi connectivity index (χ0) is 25.4. The minimum absolute atomic E-state index is 0.0790. The molecule has 5 rings (SSSR count). The molecule has 0 unspecified atom stereocenters. The summed E-state index contributed by atoms with van der Waals surface area (Å²) in [4.78, 5) is 52.2. The molecule has 1 aliphatic heterocycles. The summed E-state index contributed by atoms with van der Waals surface area (Å²) in [5, 5.41) is 4.60. The number of amides is 3. The third-order valence-electron chi connectivity index (χ3n) is 6.11. The molecule has 0 spiro atoms. The molecule has 3 amide bonds. The van der Waals surface area contributed by atoms with Gasteiger partial charge in [0.1, 0.15) is 0 Å². The van der Waals surface area contributed by atoms with Crippen LogP contribution in [0.3, 0.4) is 0 Å². The zero-order valence-corrected chi connectivity index (χ0v) is 19.7. The molecule has 36 heavy (non-hydrogen) atoms. The molecule has 0 saturated heterocycles. The van der Waals surface area contributed by atoms with E-state index in [1.54, 1.807) is 12.1 Å². The molecule has 4 aromatic rings. The number of benzene rings is 4. The Morgan fingerprint density at radius 2 is 1.58 bits per heavy atom. The molecule has 0 bridgehead atoms. The van der Waals surface area contributed by atoms with Crippen LogP contribution in [0.15, 0.2) is 78.9 Å². The summed E-state index contributed by atoms with van der Waals surface area (Å²) in [6.07, 6.45) is 0. The van der Waals surface area contributed by atoms with Gasteiger partial charge in [-0.15, -0.1) is 0 Å². The number of hydrogen-bond acceptors (Lipinski definition) is 5. The Balaban J connectivity index is 1.29. The van der Waals surface area contributed by atoms with Crippen molar-refractivity contribution in [3.63, 3.8) is 0 Å². The molecule has 1 aliphatic rings. The lowest BCUT2D eigenvalue weighted by atomic mass is 10.1. The van der Waals surface area contributed by atoms with Crippen molar-refractivity contribution in [3.8, 4) is 0 Å². The molecule has 1 N–H and O–H groups in total. The van der Waals surface area contributed by atoms with E-state index in [-0.39, 0.29) is 16.7 Å². The van der Waals surface area contributed by atoms with Crippen LogP contribution >= 0.6 is 0 Å². The van der Waals surface area contributed by atoms with Crippen LogP contribution < -0.4 is 10.2 Å². The minimum atomic E-state index is -0.768. The van der Waals surface area contributed by atoms with Crippen LogP contribution in [-0.2, 0) is 9.53 Å². The van der Waals surface area contributed by atoms with Crippen LogP contribution in [0, 0.1) is 13.8 Å². The Labute approximate surface area is 207 Å². The first kappa shape index (κ1) is 23.0. The lowest BCUT2D eigenvalue weighted by Gasteiger charge is -2.16. The number of rotatable bonds is 5. The van der Waals surface area contributed by atoms with E-state index in [0.717, 1.165) is 26.8 Å². The van der Waals surface area contributed by atoms with Gasteiger partial charge in [0.15, 0.2) is 6.61 Å². The molecule has 0 atom stereocenters. The number of anilines is 2. The topological polar surface area (TPSA) is 92.8 Å². The van der Waals surface area contributed by atoms with Gasteiger partial charge in [-0.25, -0.2) is 9.69 Å². The molecular weight excluding hydrogens is 456 g/mol. The van der Waals surface area contributed by atoms with Crippen LogP contribution in [0.1, 0.15) is 42.2 Å². The molecule has 0 radical (unpaired) electrons. The van der Waals surface area contributed by atoms with Crippen molar-refractivity contribution < 1.29 is 23.9 Å². The number of hydrogen-bond donors (Lipinski definition) is 1. The van der Waals surface area contributed by atoms with Gasteiger partial charge < -0.3 is 10.1 Å². The van der Waals surface area contributed by atoms with Gasteiger partial charge in [-0.05, 0) is 55.1 Å². The van der Waals surface area contributed by atoms with Crippen molar-refractivity contribution >= 4 is 45.8 Å². The fourth-order valence-electron chi connectivity index (χ4n) is 4.38. The first-order valence-corrected chi connectivity index (χ1v) is 11.4. The normalized spacial score (nSPS) is 12.6. The largest absolute Gasteiger partial charge is 0.452 e. The van der Waals surface area contributed by atoms with Crippen molar-refractivity contribution in [2.24, 2.45) is 0 Å². The number of nitrogens with zero attached hydrogens (tertiary/aromatic N) is 1. The number of esters is 1.